The van der Waals surface area contributed by atoms with E-state index < -0.39 is 10.1 Å². The zero-order valence-electron chi connectivity index (χ0n) is 13.4. The number of hydrogen-bond donors (Lipinski definition) is 0. The third-order valence-corrected chi connectivity index (χ3v) is 4.27. The molecule has 0 aliphatic carbocycles. The smallest absolute Gasteiger partial charge is 0.339 e. The third kappa shape index (κ3) is 4.39. The molecule has 0 saturated carbocycles. The third-order valence-electron chi connectivity index (χ3n) is 3.03. The summed E-state index contributed by atoms with van der Waals surface area (Å²) in [4.78, 5) is 0.0185. The highest BCUT2D eigenvalue weighted by Crippen LogP contribution is 2.31. The van der Waals surface area contributed by atoms with Crippen LogP contribution in [0.15, 0.2) is 47.4 Å². The van der Waals surface area contributed by atoms with E-state index in [1.165, 1.54) is 12.1 Å². The van der Waals surface area contributed by atoms with Gasteiger partial charge in [-0.05, 0) is 45.0 Å². The molecule has 2 aromatic carbocycles. The minimum atomic E-state index is -3.93. The zero-order chi connectivity index (χ0) is 16.9. The summed E-state index contributed by atoms with van der Waals surface area (Å²) in [6, 6.07) is 11.2. The molecule has 0 N–H and O–H groups in total. The monoisotopic (exact) mass is 336 g/mol. The molecule has 0 radical (unpaired) electrons. The van der Waals surface area contributed by atoms with Crippen molar-refractivity contribution < 1.29 is 22.1 Å². The highest BCUT2D eigenvalue weighted by Gasteiger charge is 2.19. The molecule has 0 fully saturated rings. The Balaban J connectivity index is 2.31. The van der Waals surface area contributed by atoms with Gasteiger partial charge in [-0.15, -0.1) is 0 Å². The van der Waals surface area contributed by atoms with Gasteiger partial charge in [-0.2, -0.15) is 8.42 Å². The molecule has 0 unspecified atom stereocenters. The molecule has 5 nitrogen and oxygen atoms in total. The molecule has 0 heterocycles. The molecule has 6 heteroatoms. The maximum Gasteiger partial charge on any atom is 0.339 e. The van der Waals surface area contributed by atoms with Crippen molar-refractivity contribution in [3.05, 3.63) is 48.0 Å². The highest BCUT2D eigenvalue weighted by molar-refractivity contribution is 7.87. The molecule has 0 aliphatic rings. The molecule has 23 heavy (non-hydrogen) atoms. The van der Waals surface area contributed by atoms with E-state index in [0.29, 0.717) is 24.7 Å². The van der Waals surface area contributed by atoms with E-state index in [2.05, 4.69) is 0 Å². The van der Waals surface area contributed by atoms with Crippen LogP contribution in [0.2, 0.25) is 0 Å². The van der Waals surface area contributed by atoms with Crippen molar-refractivity contribution in [2.75, 3.05) is 13.2 Å². The van der Waals surface area contributed by atoms with Crippen molar-refractivity contribution in [1.82, 2.24) is 0 Å². The van der Waals surface area contributed by atoms with E-state index in [4.69, 9.17) is 13.7 Å². The largest absolute Gasteiger partial charge is 0.490 e. The molecule has 0 amide bonds. The second kappa shape index (κ2) is 7.37. The molecular weight excluding hydrogens is 316 g/mol. The Morgan fingerprint density at radius 3 is 2.09 bits per heavy atom. The van der Waals surface area contributed by atoms with Crippen LogP contribution in [0.3, 0.4) is 0 Å². The Morgan fingerprint density at radius 1 is 0.870 bits per heavy atom. The van der Waals surface area contributed by atoms with Crippen molar-refractivity contribution in [3.63, 3.8) is 0 Å². The van der Waals surface area contributed by atoms with Crippen molar-refractivity contribution in [2.24, 2.45) is 0 Å². The fourth-order valence-corrected chi connectivity index (χ4v) is 2.90. The van der Waals surface area contributed by atoms with Crippen molar-refractivity contribution in [3.8, 4) is 17.2 Å². The molecule has 0 spiro atoms. The second-order valence-corrected chi connectivity index (χ2v) is 6.37. The van der Waals surface area contributed by atoms with Gasteiger partial charge in [0, 0.05) is 6.07 Å². The summed E-state index contributed by atoms with van der Waals surface area (Å²) in [6.07, 6.45) is 0. The van der Waals surface area contributed by atoms with Crippen molar-refractivity contribution in [2.45, 2.75) is 25.7 Å². The maximum absolute atomic E-state index is 12.4. The highest BCUT2D eigenvalue weighted by atomic mass is 32.2. The molecule has 0 aliphatic heterocycles. The molecular formula is C17H20O5S. The van der Waals surface area contributed by atoms with Gasteiger partial charge in [-0.25, -0.2) is 0 Å². The molecule has 124 valence electrons. The van der Waals surface area contributed by atoms with Crippen LogP contribution in [-0.4, -0.2) is 21.6 Å². The first-order chi connectivity index (χ1) is 11.0. The number of rotatable bonds is 7. The first-order valence-electron chi connectivity index (χ1n) is 7.37. The summed E-state index contributed by atoms with van der Waals surface area (Å²) in [7, 11) is -3.93. The second-order valence-electron chi connectivity index (χ2n) is 4.83. The van der Waals surface area contributed by atoms with Crippen molar-refractivity contribution in [1.29, 1.82) is 0 Å². The van der Waals surface area contributed by atoms with Crippen LogP contribution >= 0.6 is 0 Å². The van der Waals surface area contributed by atoms with Gasteiger partial charge in [-0.1, -0.05) is 17.7 Å². The van der Waals surface area contributed by atoms with E-state index in [0.717, 1.165) is 5.56 Å². The SMILES string of the molecule is CCOc1ccc(S(=O)(=O)Oc2ccc(C)cc2)cc1OCC. The summed E-state index contributed by atoms with van der Waals surface area (Å²) in [5.41, 5.74) is 1.02. The maximum atomic E-state index is 12.4. The summed E-state index contributed by atoms with van der Waals surface area (Å²) in [6.45, 7) is 6.45. The van der Waals surface area contributed by atoms with Gasteiger partial charge in [0.2, 0.25) is 0 Å². The van der Waals surface area contributed by atoms with E-state index in [9.17, 15) is 8.42 Å². The van der Waals surface area contributed by atoms with Gasteiger partial charge in [0.15, 0.2) is 11.5 Å². The molecule has 0 bridgehead atoms. The Labute approximate surface area is 136 Å². The van der Waals surface area contributed by atoms with Crippen LogP contribution in [0.4, 0.5) is 0 Å². The Hall–Kier alpha value is -2.21. The predicted molar refractivity (Wildman–Crippen MR) is 87.8 cm³/mol. The standard InChI is InChI=1S/C17H20O5S/c1-4-20-16-11-10-15(12-17(16)21-5-2)23(18,19)22-14-8-6-13(3)7-9-14/h6-12H,4-5H2,1-3H3. The lowest BCUT2D eigenvalue weighted by Gasteiger charge is -2.13. The van der Waals surface area contributed by atoms with Gasteiger partial charge in [0.1, 0.15) is 10.6 Å². The fraction of sp³-hybridized carbons (Fsp3) is 0.294. The summed E-state index contributed by atoms with van der Waals surface area (Å²) < 4.78 is 40.8. The molecule has 2 aromatic rings. The fourth-order valence-electron chi connectivity index (χ4n) is 1.96. The van der Waals surface area contributed by atoms with E-state index in [1.54, 1.807) is 30.3 Å². The predicted octanol–water partition coefficient (Wildman–Crippen LogP) is 3.56. The van der Waals surface area contributed by atoms with Crippen LogP contribution in [0.25, 0.3) is 0 Å². The summed E-state index contributed by atoms with van der Waals surface area (Å²) in [5.74, 6) is 1.15. The molecule has 0 atom stereocenters. The molecule has 0 saturated heterocycles. The lowest BCUT2D eigenvalue weighted by Crippen LogP contribution is -2.10. The number of benzene rings is 2. The lowest BCUT2D eigenvalue weighted by molar-refractivity contribution is 0.287. The van der Waals surface area contributed by atoms with Gasteiger partial charge in [0.25, 0.3) is 0 Å². The van der Waals surface area contributed by atoms with Crippen molar-refractivity contribution >= 4 is 10.1 Å². The summed E-state index contributed by atoms with van der Waals surface area (Å²) in [5, 5.41) is 0. The topological polar surface area (TPSA) is 61.8 Å². The van der Waals surface area contributed by atoms with Gasteiger partial charge >= 0.3 is 10.1 Å². The van der Waals surface area contributed by atoms with Crippen LogP contribution in [-0.2, 0) is 10.1 Å². The van der Waals surface area contributed by atoms with Gasteiger partial charge in [-0.3, -0.25) is 0 Å². The van der Waals surface area contributed by atoms with E-state index in [-0.39, 0.29) is 10.6 Å². The average Bonchev–Trinajstić information content (AvgIpc) is 2.51. The number of aryl methyl sites for hydroxylation is 1. The first-order valence-corrected chi connectivity index (χ1v) is 8.78. The average molecular weight is 336 g/mol. The minimum Gasteiger partial charge on any atom is -0.490 e. The van der Waals surface area contributed by atoms with Gasteiger partial charge in [0.05, 0.1) is 13.2 Å². The van der Waals surface area contributed by atoms with Gasteiger partial charge < -0.3 is 13.7 Å². The molecule has 2 rings (SSSR count). The molecule has 0 aromatic heterocycles. The summed E-state index contributed by atoms with van der Waals surface area (Å²) >= 11 is 0. The Morgan fingerprint density at radius 2 is 1.48 bits per heavy atom. The minimum absolute atomic E-state index is 0.0185. The van der Waals surface area contributed by atoms with E-state index >= 15 is 0 Å². The van der Waals surface area contributed by atoms with E-state index in [1.807, 2.05) is 20.8 Å². The van der Waals surface area contributed by atoms with Crippen LogP contribution < -0.4 is 13.7 Å². The lowest BCUT2D eigenvalue weighted by atomic mass is 10.2. The Bertz CT molecular complexity index is 751. The quantitative estimate of drug-likeness (QED) is 0.724. The number of ether oxygens (including phenoxy) is 2. The first kappa shape index (κ1) is 17.1. The van der Waals surface area contributed by atoms with Crippen LogP contribution in [0, 0.1) is 6.92 Å². The zero-order valence-corrected chi connectivity index (χ0v) is 14.2. The number of hydrogen-bond acceptors (Lipinski definition) is 5. The Kier molecular flexibility index (Phi) is 5.50. The van der Waals surface area contributed by atoms with Crippen LogP contribution in [0.1, 0.15) is 19.4 Å². The normalized spacial score (nSPS) is 11.1. The van der Waals surface area contributed by atoms with Crippen LogP contribution in [0.5, 0.6) is 17.2 Å².